The number of carbonyl (C=O) groups is 1. The van der Waals surface area contributed by atoms with Crippen molar-refractivity contribution in [3.63, 3.8) is 0 Å². The van der Waals surface area contributed by atoms with Crippen LogP contribution in [0.2, 0.25) is 0 Å². The highest BCUT2D eigenvalue weighted by atomic mass is 19.4. The molecule has 1 aromatic heterocycles. The van der Waals surface area contributed by atoms with E-state index in [1.165, 1.54) is 0 Å². The molecule has 1 atom stereocenters. The Morgan fingerprint density at radius 2 is 1.81 bits per heavy atom. The SMILES string of the molecule is CCCN1CCC(C(=O)N2CCN(c3ncc(C(F)(F)F)cn3)CC2)C1. The van der Waals surface area contributed by atoms with Crippen LogP contribution in [0.15, 0.2) is 12.4 Å². The third kappa shape index (κ3) is 4.25. The lowest BCUT2D eigenvalue weighted by Crippen LogP contribution is -2.51. The first-order valence-corrected chi connectivity index (χ1v) is 9.04. The molecule has 3 heterocycles. The van der Waals surface area contributed by atoms with Crippen LogP contribution in [0.5, 0.6) is 0 Å². The van der Waals surface area contributed by atoms with Gasteiger partial charge in [-0.1, -0.05) is 6.92 Å². The second-order valence-electron chi connectivity index (χ2n) is 6.87. The number of anilines is 1. The van der Waals surface area contributed by atoms with Gasteiger partial charge in [0.15, 0.2) is 0 Å². The van der Waals surface area contributed by atoms with E-state index in [-0.39, 0.29) is 17.8 Å². The van der Waals surface area contributed by atoms with Gasteiger partial charge in [0.05, 0.1) is 11.5 Å². The molecule has 0 saturated carbocycles. The van der Waals surface area contributed by atoms with Gasteiger partial charge in [-0.25, -0.2) is 9.97 Å². The van der Waals surface area contributed by atoms with E-state index in [4.69, 9.17) is 0 Å². The van der Waals surface area contributed by atoms with Crippen molar-refractivity contribution in [2.24, 2.45) is 5.92 Å². The first kappa shape index (κ1) is 18.9. The van der Waals surface area contributed by atoms with Crippen molar-refractivity contribution < 1.29 is 18.0 Å². The average molecular weight is 371 g/mol. The Hall–Kier alpha value is -1.90. The zero-order valence-electron chi connectivity index (χ0n) is 14.9. The quantitative estimate of drug-likeness (QED) is 0.809. The van der Waals surface area contributed by atoms with E-state index < -0.39 is 11.7 Å². The number of amides is 1. The summed E-state index contributed by atoms with van der Waals surface area (Å²) in [4.78, 5) is 26.3. The Labute approximate surface area is 151 Å². The van der Waals surface area contributed by atoms with E-state index in [0.29, 0.717) is 26.2 Å². The van der Waals surface area contributed by atoms with E-state index in [1.54, 1.807) is 0 Å². The van der Waals surface area contributed by atoms with Gasteiger partial charge in [0.2, 0.25) is 11.9 Å². The number of piperazine rings is 1. The lowest BCUT2D eigenvalue weighted by atomic mass is 10.1. The van der Waals surface area contributed by atoms with Crippen LogP contribution in [-0.4, -0.2) is 71.5 Å². The predicted molar refractivity (Wildman–Crippen MR) is 90.7 cm³/mol. The summed E-state index contributed by atoms with van der Waals surface area (Å²) in [6.07, 6.45) is -0.828. The number of alkyl halides is 3. The lowest BCUT2D eigenvalue weighted by Gasteiger charge is -2.36. The van der Waals surface area contributed by atoms with Gasteiger partial charge in [-0.2, -0.15) is 13.2 Å². The van der Waals surface area contributed by atoms with Crippen molar-refractivity contribution in [3.05, 3.63) is 18.0 Å². The van der Waals surface area contributed by atoms with Crippen LogP contribution < -0.4 is 4.90 Å². The van der Waals surface area contributed by atoms with Gasteiger partial charge in [0, 0.05) is 45.1 Å². The smallest absolute Gasteiger partial charge is 0.339 e. The normalized spacial score (nSPS) is 22.1. The van der Waals surface area contributed by atoms with Crippen molar-refractivity contribution in [2.45, 2.75) is 25.9 Å². The molecule has 0 aromatic carbocycles. The third-order valence-electron chi connectivity index (χ3n) is 5.00. The maximum Gasteiger partial charge on any atom is 0.419 e. The van der Waals surface area contributed by atoms with E-state index in [0.717, 1.165) is 44.9 Å². The van der Waals surface area contributed by atoms with Crippen LogP contribution in [0.1, 0.15) is 25.3 Å². The van der Waals surface area contributed by atoms with Crippen LogP contribution in [0, 0.1) is 5.92 Å². The summed E-state index contributed by atoms with van der Waals surface area (Å²) in [5.41, 5.74) is -0.854. The minimum atomic E-state index is -4.43. The zero-order valence-corrected chi connectivity index (χ0v) is 14.9. The Balaban J connectivity index is 1.52. The molecule has 6 nitrogen and oxygen atoms in total. The lowest BCUT2D eigenvalue weighted by molar-refractivity contribution is -0.138. The fourth-order valence-corrected chi connectivity index (χ4v) is 3.57. The molecule has 0 radical (unpaired) electrons. The molecule has 144 valence electrons. The number of rotatable bonds is 4. The summed E-state index contributed by atoms with van der Waals surface area (Å²) in [5.74, 6) is 0.534. The van der Waals surface area contributed by atoms with Gasteiger partial charge >= 0.3 is 6.18 Å². The Morgan fingerprint density at radius 1 is 1.15 bits per heavy atom. The highest BCUT2D eigenvalue weighted by Gasteiger charge is 2.34. The molecule has 9 heteroatoms. The molecule has 2 fully saturated rings. The molecule has 2 aliphatic rings. The highest BCUT2D eigenvalue weighted by Crippen LogP contribution is 2.28. The summed E-state index contributed by atoms with van der Waals surface area (Å²) in [6, 6.07) is 0. The van der Waals surface area contributed by atoms with Crippen LogP contribution in [0.4, 0.5) is 19.1 Å². The monoisotopic (exact) mass is 371 g/mol. The molecule has 1 amide bonds. The fraction of sp³-hybridized carbons (Fsp3) is 0.706. The van der Waals surface area contributed by atoms with Crippen molar-refractivity contribution in [2.75, 3.05) is 50.7 Å². The number of hydrogen-bond donors (Lipinski definition) is 0. The van der Waals surface area contributed by atoms with Gasteiger partial charge in [-0.15, -0.1) is 0 Å². The van der Waals surface area contributed by atoms with Crippen LogP contribution in [0.3, 0.4) is 0 Å². The first-order chi connectivity index (χ1) is 12.4. The number of likely N-dealkylation sites (tertiary alicyclic amines) is 1. The summed E-state index contributed by atoms with van der Waals surface area (Å²) in [6.45, 7) is 7.13. The molecule has 2 saturated heterocycles. The molecule has 0 N–H and O–H groups in total. The van der Waals surface area contributed by atoms with Gasteiger partial charge in [-0.3, -0.25) is 4.79 Å². The molecule has 1 aromatic rings. The average Bonchev–Trinajstić information content (AvgIpc) is 3.10. The van der Waals surface area contributed by atoms with Crippen LogP contribution >= 0.6 is 0 Å². The molecule has 0 bridgehead atoms. The molecule has 26 heavy (non-hydrogen) atoms. The Kier molecular flexibility index (Phi) is 5.64. The van der Waals surface area contributed by atoms with Crippen molar-refractivity contribution in [1.29, 1.82) is 0 Å². The van der Waals surface area contributed by atoms with Crippen molar-refractivity contribution in [3.8, 4) is 0 Å². The minimum absolute atomic E-state index is 0.0652. The standard InChI is InChI=1S/C17H24F3N5O/c1-2-4-23-5-3-13(12-23)15(26)24-6-8-25(9-7-24)16-21-10-14(11-22-16)17(18,19)20/h10-11,13H,2-9,12H2,1H3. The van der Waals surface area contributed by atoms with E-state index in [2.05, 4.69) is 21.8 Å². The summed E-state index contributed by atoms with van der Waals surface area (Å²) >= 11 is 0. The molecule has 2 aliphatic heterocycles. The van der Waals surface area contributed by atoms with Crippen molar-refractivity contribution >= 4 is 11.9 Å². The molecule has 3 rings (SSSR count). The van der Waals surface area contributed by atoms with Gasteiger partial charge in [0.1, 0.15) is 0 Å². The van der Waals surface area contributed by atoms with Gasteiger partial charge < -0.3 is 14.7 Å². The summed E-state index contributed by atoms with van der Waals surface area (Å²) in [5, 5.41) is 0. The largest absolute Gasteiger partial charge is 0.419 e. The molecule has 1 unspecified atom stereocenters. The topological polar surface area (TPSA) is 52.6 Å². The second kappa shape index (κ2) is 7.77. The maximum atomic E-state index is 12.7. The fourth-order valence-electron chi connectivity index (χ4n) is 3.57. The number of halogens is 3. The Bertz CT molecular complexity index is 614. The van der Waals surface area contributed by atoms with Gasteiger partial charge in [0.25, 0.3) is 0 Å². The van der Waals surface area contributed by atoms with Gasteiger partial charge in [-0.05, 0) is 25.9 Å². The van der Waals surface area contributed by atoms with Crippen LogP contribution in [-0.2, 0) is 11.0 Å². The predicted octanol–water partition coefficient (Wildman–Crippen LogP) is 1.88. The first-order valence-electron chi connectivity index (χ1n) is 9.04. The maximum absolute atomic E-state index is 12.7. The van der Waals surface area contributed by atoms with E-state index >= 15 is 0 Å². The number of nitrogens with zero attached hydrogens (tertiary/aromatic N) is 5. The van der Waals surface area contributed by atoms with Crippen molar-refractivity contribution in [1.82, 2.24) is 19.8 Å². The van der Waals surface area contributed by atoms with E-state index in [9.17, 15) is 18.0 Å². The summed E-state index contributed by atoms with van der Waals surface area (Å²) in [7, 11) is 0. The molecule has 0 aliphatic carbocycles. The number of aromatic nitrogens is 2. The minimum Gasteiger partial charge on any atom is -0.339 e. The number of hydrogen-bond acceptors (Lipinski definition) is 5. The molecular weight excluding hydrogens is 347 g/mol. The summed E-state index contributed by atoms with van der Waals surface area (Å²) < 4.78 is 37.8. The molecular formula is C17H24F3N5O. The number of carbonyl (C=O) groups excluding carboxylic acids is 1. The van der Waals surface area contributed by atoms with Crippen LogP contribution in [0.25, 0.3) is 0 Å². The third-order valence-corrected chi connectivity index (χ3v) is 5.00. The second-order valence-corrected chi connectivity index (χ2v) is 6.87. The molecule has 0 spiro atoms. The highest BCUT2D eigenvalue weighted by molar-refractivity contribution is 5.79. The Morgan fingerprint density at radius 3 is 2.38 bits per heavy atom. The zero-order chi connectivity index (χ0) is 18.7. The van der Waals surface area contributed by atoms with E-state index in [1.807, 2.05) is 9.80 Å².